The molecule has 2 rings (SSSR count). The van der Waals surface area contributed by atoms with E-state index >= 15 is 0 Å². The fraction of sp³-hybridized carbons (Fsp3) is 0.545. The van der Waals surface area contributed by atoms with Crippen LogP contribution in [0, 0.1) is 0 Å². The first-order chi connectivity index (χ1) is 8.98. The van der Waals surface area contributed by atoms with Gasteiger partial charge in [-0.05, 0) is 13.0 Å². The van der Waals surface area contributed by atoms with Crippen LogP contribution in [0.5, 0.6) is 0 Å². The first-order valence-corrected chi connectivity index (χ1v) is 7.75. The average molecular weight is 285 g/mol. The zero-order valence-corrected chi connectivity index (χ0v) is 11.1. The third-order valence-corrected chi connectivity index (χ3v) is 4.76. The molecule has 0 atom stereocenters. The van der Waals surface area contributed by atoms with Crippen molar-refractivity contribution in [2.75, 3.05) is 24.6 Å². The minimum Gasteiger partial charge on any atom is -0.478 e. The van der Waals surface area contributed by atoms with Crippen molar-refractivity contribution in [3.05, 3.63) is 23.8 Å². The van der Waals surface area contributed by atoms with Crippen LogP contribution in [-0.4, -0.2) is 59.0 Å². The maximum Gasteiger partial charge on any atom is 0.339 e. The van der Waals surface area contributed by atoms with E-state index in [4.69, 9.17) is 5.11 Å². The van der Waals surface area contributed by atoms with Gasteiger partial charge in [-0.15, -0.1) is 0 Å². The molecule has 1 aliphatic heterocycles. The van der Waals surface area contributed by atoms with Crippen LogP contribution in [-0.2, 0) is 16.4 Å². The van der Waals surface area contributed by atoms with E-state index in [1.54, 1.807) is 0 Å². The van der Waals surface area contributed by atoms with E-state index in [2.05, 4.69) is 9.97 Å². The van der Waals surface area contributed by atoms with Gasteiger partial charge < -0.3 is 5.11 Å². The van der Waals surface area contributed by atoms with Crippen LogP contribution >= 0.6 is 0 Å². The molecule has 1 N–H and O–H groups in total. The number of hydrogen-bond donors (Lipinski definition) is 1. The van der Waals surface area contributed by atoms with Gasteiger partial charge in [0.1, 0.15) is 11.9 Å². The minimum absolute atomic E-state index is 0.0644. The molecule has 0 saturated carbocycles. The highest BCUT2D eigenvalue weighted by Crippen LogP contribution is 2.11. The molecule has 0 amide bonds. The summed E-state index contributed by atoms with van der Waals surface area (Å²) in [4.78, 5) is 20.6. The van der Waals surface area contributed by atoms with Gasteiger partial charge in [-0.2, -0.15) is 0 Å². The fourth-order valence-corrected chi connectivity index (χ4v) is 3.33. The highest BCUT2D eigenvalue weighted by Gasteiger charge is 2.21. The molecule has 19 heavy (non-hydrogen) atoms. The van der Waals surface area contributed by atoms with Gasteiger partial charge >= 0.3 is 5.97 Å². The predicted octanol–water partition coefficient (Wildman–Crippen LogP) is -0.205. The third-order valence-electron chi connectivity index (χ3n) is 3.05. The summed E-state index contributed by atoms with van der Waals surface area (Å²) in [6, 6.07) is 0. The molecule has 0 unspecified atom stereocenters. The molecule has 1 saturated heterocycles. The summed E-state index contributed by atoms with van der Waals surface area (Å²) in [5.74, 6) is -0.766. The third kappa shape index (κ3) is 3.71. The second kappa shape index (κ2) is 5.62. The van der Waals surface area contributed by atoms with Gasteiger partial charge in [0, 0.05) is 19.3 Å². The van der Waals surface area contributed by atoms with Crippen LogP contribution in [0.2, 0.25) is 0 Å². The molecular weight excluding hydrogens is 270 g/mol. The predicted molar refractivity (Wildman–Crippen MR) is 67.5 cm³/mol. The number of aromatic nitrogens is 2. The number of hydrogen-bond acceptors (Lipinski definition) is 6. The minimum atomic E-state index is -2.96. The number of carboxylic acids is 1. The Bertz CT molecular complexity index is 573. The van der Waals surface area contributed by atoms with Crippen molar-refractivity contribution >= 4 is 15.8 Å². The number of carbonyl (C=O) groups is 1. The van der Waals surface area contributed by atoms with Gasteiger partial charge in [-0.3, -0.25) is 4.90 Å². The summed E-state index contributed by atoms with van der Waals surface area (Å²) in [6.45, 7) is 1.37. The van der Waals surface area contributed by atoms with Crippen molar-refractivity contribution < 1.29 is 18.3 Å². The van der Waals surface area contributed by atoms with Gasteiger partial charge in [0.25, 0.3) is 0 Å². The average Bonchev–Trinajstić information content (AvgIpc) is 2.51. The molecule has 0 aromatic carbocycles. The fourth-order valence-electron chi connectivity index (χ4n) is 2.02. The second-order valence-corrected chi connectivity index (χ2v) is 6.77. The number of aromatic carboxylic acids is 1. The van der Waals surface area contributed by atoms with E-state index in [0.29, 0.717) is 31.7 Å². The monoisotopic (exact) mass is 285 g/mol. The molecule has 8 heteroatoms. The summed E-state index contributed by atoms with van der Waals surface area (Å²) >= 11 is 0. The Hall–Kier alpha value is -1.54. The molecule has 0 spiro atoms. The molecule has 1 fully saturated rings. The van der Waals surface area contributed by atoms with E-state index in [1.807, 2.05) is 4.90 Å². The Balaban J connectivity index is 2.11. The highest BCUT2D eigenvalue weighted by atomic mass is 32.2. The molecule has 0 aliphatic carbocycles. The Morgan fingerprint density at radius 1 is 1.37 bits per heavy atom. The summed E-state index contributed by atoms with van der Waals surface area (Å²) < 4.78 is 23.0. The summed E-state index contributed by atoms with van der Waals surface area (Å²) in [7, 11) is -2.96. The lowest BCUT2D eigenvalue weighted by molar-refractivity contribution is 0.0693. The van der Waals surface area contributed by atoms with E-state index in [9.17, 15) is 13.2 Å². The lowest BCUT2D eigenvalue weighted by atomic mass is 10.2. The van der Waals surface area contributed by atoms with Crippen molar-refractivity contribution in [1.82, 2.24) is 14.9 Å². The standard InChI is InChI=1S/C11H15N3O4S/c15-11(16)9-6-12-8-13-10(9)7-14-2-1-4-19(17,18)5-3-14/h6,8H,1-5,7H2,(H,15,16). The highest BCUT2D eigenvalue weighted by molar-refractivity contribution is 7.91. The van der Waals surface area contributed by atoms with E-state index < -0.39 is 15.8 Å². The van der Waals surface area contributed by atoms with Crippen LogP contribution in [0.15, 0.2) is 12.5 Å². The number of carboxylic acid groups (broad SMARTS) is 1. The maximum atomic E-state index is 11.5. The van der Waals surface area contributed by atoms with Crippen LogP contribution in [0.25, 0.3) is 0 Å². The van der Waals surface area contributed by atoms with Gasteiger partial charge in [-0.25, -0.2) is 23.2 Å². The van der Waals surface area contributed by atoms with Crippen molar-refractivity contribution in [1.29, 1.82) is 0 Å². The Kier molecular flexibility index (Phi) is 4.11. The van der Waals surface area contributed by atoms with Crippen molar-refractivity contribution in [2.45, 2.75) is 13.0 Å². The summed E-state index contributed by atoms with van der Waals surface area (Å²) in [5.41, 5.74) is 0.483. The number of sulfone groups is 1. The smallest absolute Gasteiger partial charge is 0.339 e. The molecule has 1 aromatic rings. The normalized spacial score (nSPS) is 19.8. The lowest BCUT2D eigenvalue weighted by Crippen LogP contribution is -2.28. The van der Waals surface area contributed by atoms with Crippen molar-refractivity contribution in [2.24, 2.45) is 0 Å². The molecule has 7 nitrogen and oxygen atoms in total. The second-order valence-electron chi connectivity index (χ2n) is 4.47. The molecule has 0 radical (unpaired) electrons. The molecule has 0 bridgehead atoms. The summed E-state index contributed by atoms with van der Waals surface area (Å²) in [6.07, 6.45) is 3.13. The van der Waals surface area contributed by atoms with Gasteiger partial charge in [-0.1, -0.05) is 0 Å². The molecular formula is C11H15N3O4S. The SMILES string of the molecule is O=C(O)c1cncnc1CN1CCCS(=O)(=O)CC1. The lowest BCUT2D eigenvalue weighted by Gasteiger charge is -2.19. The summed E-state index contributed by atoms with van der Waals surface area (Å²) in [5, 5.41) is 9.04. The van der Waals surface area contributed by atoms with E-state index in [0.717, 1.165) is 0 Å². The van der Waals surface area contributed by atoms with Crippen molar-refractivity contribution in [3.8, 4) is 0 Å². The first kappa shape index (κ1) is 13.9. The van der Waals surface area contributed by atoms with Crippen LogP contribution in [0.3, 0.4) is 0 Å². The maximum absolute atomic E-state index is 11.5. The number of rotatable bonds is 3. The quantitative estimate of drug-likeness (QED) is 0.820. The van der Waals surface area contributed by atoms with Crippen LogP contribution < -0.4 is 0 Å². The first-order valence-electron chi connectivity index (χ1n) is 5.93. The zero-order valence-electron chi connectivity index (χ0n) is 10.3. The van der Waals surface area contributed by atoms with Crippen molar-refractivity contribution in [3.63, 3.8) is 0 Å². The van der Waals surface area contributed by atoms with Crippen LogP contribution in [0.1, 0.15) is 22.5 Å². The Morgan fingerprint density at radius 3 is 2.89 bits per heavy atom. The van der Waals surface area contributed by atoms with Crippen LogP contribution in [0.4, 0.5) is 0 Å². The molecule has 104 valence electrons. The van der Waals surface area contributed by atoms with Gasteiger partial charge in [0.05, 0.1) is 17.2 Å². The molecule has 1 aromatic heterocycles. The largest absolute Gasteiger partial charge is 0.478 e. The molecule has 2 heterocycles. The zero-order chi connectivity index (χ0) is 13.9. The topological polar surface area (TPSA) is 100 Å². The van der Waals surface area contributed by atoms with E-state index in [1.165, 1.54) is 12.5 Å². The molecule has 1 aliphatic rings. The Labute approximate surface area is 111 Å². The van der Waals surface area contributed by atoms with E-state index in [-0.39, 0.29) is 17.1 Å². The number of nitrogens with zero attached hydrogens (tertiary/aromatic N) is 3. The Morgan fingerprint density at radius 2 is 2.16 bits per heavy atom. The van der Waals surface area contributed by atoms with Gasteiger partial charge in [0.2, 0.25) is 0 Å². The van der Waals surface area contributed by atoms with Gasteiger partial charge in [0.15, 0.2) is 9.84 Å².